The molecule has 2 nitrogen and oxygen atoms in total. The molecule has 1 N–H and O–H groups in total. The summed E-state index contributed by atoms with van der Waals surface area (Å²) >= 11 is 0. The van der Waals surface area contributed by atoms with Crippen LogP contribution in [0, 0.1) is 0 Å². The van der Waals surface area contributed by atoms with Crippen LogP contribution in [0.25, 0.3) is 0 Å². The SMILES string of the molecule is CCCCCC(C)(O)c1ccncc1. The molecule has 1 atom stereocenters. The second kappa shape index (κ2) is 5.11. The second-order valence-corrected chi connectivity index (χ2v) is 3.97. The van der Waals surface area contributed by atoms with Gasteiger partial charge >= 0.3 is 0 Å². The summed E-state index contributed by atoms with van der Waals surface area (Å²) in [7, 11) is 0. The van der Waals surface area contributed by atoms with Crippen molar-refractivity contribution in [2.75, 3.05) is 0 Å². The molecule has 0 saturated heterocycles. The van der Waals surface area contributed by atoms with Crippen molar-refractivity contribution in [3.63, 3.8) is 0 Å². The molecule has 0 aliphatic heterocycles. The van der Waals surface area contributed by atoms with Crippen molar-refractivity contribution >= 4 is 0 Å². The third-order valence-electron chi connectivity index (χ3n) is 2.57. The zero-order valence-electron chi connectivity index (χ0n) is 9.03. The quantitative estimate of drug-likeness (QED) is 0.729. The molecule has 0 amide bonds. The molecule has 1 aromatic heterocycles. The number of aliphatic hydroxyl groups is 1. The lowest BCUT2D eigenvalue weighted by Gasteiger charge is -2.23. The first-order chi connectivity index (χ1) is 6.67. The maximum absolute atomic E-state index is 10.2. The predicted molar refractivity (Wildman–Crippen MR) is 57.9 cm³/mol. The van der Waals surface area contributed by atoms with Crippen molar-refractivity contribution in [2.45, 2.75) is 45.1 Å². The van der Waals surface area contributed by atoms with E-state index in [0.717, 1.165) is 18.4 Å². The maximum atomic E-state index is 10.2. The van der Waals surface area contributed by atoms with Gasteiger partial charge in [0.05, 0.1) is 5.60 Å². The third kappa shape index (κ3) is 3.11. The van der Waals surface area contributed by atoms with Crippen molar-refractivity contribution in [3.8, 4) is 0 Å². The number of unbranched alkanes of at least 4 members (excludes halogenated alkanes) is 2. The van der Waals surface area contributed by atoms with Crippen molar-refractivity contribution in [2.24, 2.45) is 0 Å². The predicted octanol–water partition coefficient (Wildman–Crippen LogP) is 2.87. The van der Waals surface area contributed by atoms with Crippen LogP contribution in [-0.2, 0) is 5.60 Å². The fraction of sp³-hybridized carbons (Fsp3) is 0.583. The average molecular weight is 193 g/mol. The van der Waals surface area contributed by atoms with Gasteiger partial charge in [0, 0.05) is 12.4 Å². The molecular weight excluding hydrogens is 174 g/mol. The van der Waals surface area contributed by atoms with Gasteiger partial charge in [-0.25, -0.2) is 0 Å². The highest BCUT2D eigenvalue weighted by atomic mass is 16.3. The summed E-state index contributed by atoms with van der Waals surface area (Å²) in [4.78, 5) is 3.94. The van der Waals surface area contributed by atoms with Crippen LogP contribution >= 0.6 is 0 Å². The summed E-state index contributed by atoms with van der Waals surface area (Å²) in [6.45, 7) is 4.04. The summed E-state index contributed by atoms with van der Waals surface area (Å²) in [5, 5.41) is 10.2. The molecule has 1 rings (SSSR count). The summed E-state index contributed by atoms with van der Waals surface area (Å²) in [6.07, 6.45) is 7.72. The standard InChI is InChI=1S/C12H19NO/c1-3-4-5-8-12(2,14)11-6-9-13-10-7-11/h6-7,9-10,14H,3-5,8H2,1-2H3. The Bertz CT molecular complexity index is 256. The fourth-order valence-corrected chi connectivity index (χ4v) is 1.57. The molecule has 1 heterocycles. The Morgan fingerprint density at radius 1 is 1.29 bits per heavy atom. The summed E-state index contributed by atoms with van der Waals surface area (Å²) in [6, 6.07) is 3.76. The molecule has 0 bridgehead atoms. The minimum atomic E-state index is -0.696. The molecule has 1 aromatic rings. The summed E-state index contributed by atoms with van der Waals surface area (Å²) < 4.78 is 0. The van der Waals surface area contributed by atoms with E-state index in [0.29, 0.717) is 0 Å². The van der Waals surface area contributed by atoms with Crippen molar-refractivity contribution in [1.29, 1.82) is 0 Å². The van der Waals surface area contributed by atoms with Gasteiger partial charge in [-0.1, -0.05) is 26.2 Å². The zero-order chi connectivity index (χ0) is 10.4. The van der Waals surface area contributed by atoms with Crippen molar-refractivity contribution < 1.29 is 5.11 Å². The lowest BCUT2D eigenvalue weighted by molar-refractivity contribution is 0.0449. The largest absolute Gasteiger partial charge is 0.385 e. The number of hydrogen-bond acceptors (Lipinski definition) is 2. The van der Waals surface area contributed by atoms with Crippen LogP contribution in [-0.4, -0.2) is 10.1 Å². The Morgan fingerprint density at radius 2 is 1.93 bits per heavy atom. The highest BCUT2D eigenvalue weighted by Gasteiger charge is 2.21. The zero-order valence-corrected chi connectivity index (χ0v) is 9.03. The Kier molecular flexibility index (Phi) is 4.08. The second-order valence-electron chi connectivity index (χ2n) is 3.97. The minimum Gasteiger partial charge on any atom is -0.385 e. The molecule has 0 aliphatic carbocycles. The van der Waals surface area contributed by atoms with Crippen LogP contribution in [0.5, 0.6) is 0 Å². The minimum absolute atomic E-state index is 0.696. The van der Waals surface area contributed by atoms with Crippen LogP contribution in [0.3, 0.4) is 0 Å². The highest BCUT2D eigenvalue weighted by molar-refractivity contribution is 5.17. The summed E-state index contributed by atoms with van der Waals surface area (Å²) in [5.74, 6) is 0. The molecule has 0 spiro atoms. The Morgan fingerprint density at radius 3 is 2.50 bits per heavy atom. The topological polar surface area (TPSA) is 33.1 Å². The van der Waals surface area contributed by atoms with E-state index >= 15 is 0 Å². The van der Waals surface area contributed by atoms with Gasteiger partial charge in [-0.15, -0.1) is 0 Å². The Labute approximate surface area is 86.0 Å². The van der Waals surface area contributed by atoms with Gasteiger partial charge in [0.15, 0.2) is 0 Å². The van der Waals surface area contributed by atoms with Crippen molar-refractivity contribution in [3.05, 3.63) is 30.1 Å². The van der Waals surface area contributed by atoms with E-state index in [1.165, 1.54) is 12.8 Å². The van der Waals surface area contributed by atoms with Crippen LogP contribution in [0.1, 0.15) is 45.1 Å². The van der Waals surface area contributed by atoms with Crippen LogP contribution in [0.4, 0.5) is 0 Å². The van der Waals surface area contributed by atoms with Gasteiger partial charge in [0.2, 0.25) is 0 Å². The fourth-order valence-electron chi connectivity index (χ4n) is 1.57. The van der Waals surface area contributed by atoms with Gasteiger partial charge in [0.1, 0.15) is 0 Å². The molecule has 0 radical (unpaired) electrons. The lowest BCUT2D eigenvalue weighted by atomic mass is 9.91. The van der Waals surface area contributed by atoms with Crippen molar-refractivity contribution in [1.82, 2.24) is 4.98 Å². The Balaban J connectivity index is 2.56. The van der Waals surface area contributed by atoms with Crippen LogP contribution in [0.15, 0.2) is 24.5 Å². The van der Waals surface area contributed by atoms with E-state index in [9.17, 15) is 5.11 Å². The van der Waals surface area contributed by atoms with E-state index < -0.39 is 5.60 Å². The summed E-state index contributed by atoms with van der Waals surface area (Å²) in [5.41, 5.74) is 0.265. The molecule has 14 heavy (non-hydrogen) atoms. The van der Waals surface area contributed by atoms with E-state index in [2.05, 4.69) is 11.9 Å². The maximum Gasteiger partial charge on any atom is 0.0869 e. The normalized spacial score (nSPS) is 15.1. The number of pyridine rings is 1. The van der Waals surface area contributed by atoms with Gasteiger partial charge in [-0.3, -0.25) is 4.98 Å². The third-order valence-corrected chi connectivity index (χ3v) is 2.57. The first-order valence-corrected chi connectivity index (χ1v) is 5.29. The number of aromatic nitrogens is 1. The Hall–Kier alpha value is -0.890. The molecule has 1 unspecified atom stereocenters. The molecule has 0 aliphatic rings. The molecule has 0 saturated carbocycles. The molecule has 0 fully saturated rings. The van der Waals surface area contributed by atoms with E-state index in [4.69, 9.17) is 0 Å². The molecular formula is C12H19NO. The van der Waals surface area contributed by atoms with Crippen LogP contribution < -0.4 is 0 Å². The smallest absolute Gasteiger partial charge is 0.0869 e. The molecule has 78 valence electrons. The highest BCUT2D eigenvalue weighted by Crippen LogP contribution is 2.25. The van der Waals surface area contributed by atoms with Gasteiger partial charge < -0.3 is 5.11 Å². The first-order valence-electron chi connectivity index (χ1n) is 5.29. The molecule has 0 aromatic carbocycles. The van der Waals surface area contributed by atoms with Gasteiger partial charge in [-0.2, -0.15) is 0 Å². The van der Waals surface area contributed by atoms with E-state index in [-0.39, 0.29) is 0 Å². The average Bonchev–Trinajstić information content (AvgIpc) is 2.19. The van der Waals surface area contributed by atoms with Gasteiger partial charge in [0.25, 0.3) is 0 Å². The van der Waals surface area contributed by atoms with E-state index in [1.807, 2.05) is 19.1 Å². The van der Waals surface area contributed by atoms with E-state index in [1.54, 1.807) is 12.4 Å². The molecule has 2 heteroatoms. The lowest BCUT2D eigenvalue weighted by Crippen LogP contribution is -2.20. The van der Waals surface area contributed by atoms with Crippen LogP contribution in [0.2, 0.25) is 0 Å². The first kappa shape index (κ1) is 11.2. The number of rotatable bonds is 5. The number of hydrogen-bond donors (Lipinski definition) is 1. The van der Waals surface area contributed by atoms with Gasteiger partial charge in [-0.05, 0) is 31.0 Å². The number of nitrogens with zero attached hydrogens (tertiary/aromatic N) is 1. The monoisotopic (exact) mass is 193 g/mol.